The number of carbonyl (C=O) groups excluding carboxylic acids is 2. The van der Waals surface area contributed by atoms with Crippen LogP contribution in [-0.4, -0.2) is 11.8 Å². The molecule has 1 aliphatic heterocycles. The lowest BCUT2D eigenvalue weighted by Gasteiger charge is -2.28. The van der Waals surface area contributed by atoms with Gasteiger partial charge in [-0.2, -0.15) is 0 Å². The number of benzene rings is 3. The summed E-state index contributed by atoms with van der Waals surface area (Å²) < 4.78 is 0. The maximum Gasteiger partial charge on any atom is 0.249 e. The first kappa shape index (κ1) is 16.3. The molecule has 3 aromatic rings. The van der Waals surface area contributed by atoms with Crippen LogP contribution in [0.3, 0.4) is 0 Å². The highest BCUT2D eigenvalue weighted by Gasteiger charge is 2.54. The predicted molar refractivity (Wildman–Crippen MR) is 102 cm³/mol. The fourth-order valence-electron chi connectivity index (χ4n) is 3.70. The summed E-state index contributed by atoms with van der Waals surface area (Å²) in [6.45, 7) is 1.98. The molecule has 3 heteroatoms. The van der Waals surface area contributed by atoms with Gasteiger partial charge < -0.3 is 0 Å². The third-order valence-electron chi connectivity index (χ3n) is 5.06. The summed E-state index contributed by atoms with van der Waals surface area (Å²) in [6, 6.07) is 26.7. The molecule has 3 aromatic carbocycles. The van der Waals surface area contributed by atoms with Gasteiger partial charge in [0.1, 0.15) is 5.41 Å². The van der Waals surface area contributed by atoms with Crippen LogP contribution in [-0.2, 0) is 15.0 Å². The van der Waals surface area contributed by atoms with Crippen molar-refractivity contribution in [3.63, 3.8) is 0 Å². The van der Waals surface area contributed by atoms with Crippen LogP contribution in [0.1, 0.15) is 23.1 Å². The van der Waals surface area contributed by atoms with E-state index in [1.54, 1.807) is 0 Å². The van der Waals surface area contributed by atoms with E-state index >= 15 is 0 Å². The molecule has 0 radical (unpaired) electrons. The predicted octanol–water partition coefficient (Wildman–Crippen LogP) is 4.24. The number of imide groups is 1. The Balaban J connectivity index is 1.89. The molecule has 4 rings (SSSR count). The van der Waals surface area contributed by atoms with Gasteiger partial charge in [0.25, 0.3) is 0 Å². The number of hydrogen-bond acceptors (Lipinski definition) is 2. The van der Waals surface area contributed by atoms with E-state index in [1.807, 2.05) is 91.9 Å². The Bertz CT molecular complexity index is 907. The van der Waals surface area contributed by atoms with Gasteiger partial charge in [0.2, 0.25) is 11.8 Å². The van der Waals surface area contributed by atoms with E-state index in [0.29, 0.717) is 5.69 Å². The van der Waals surface area contributed by atoms with Gasteiger partial charge in [0.15, 0.2) is 0 Å². The topological polar surface area (TPSA) is 37.4 Å². The second kappa shape index (κ2) is 6.26. The lowest BCUT2D eigenvalue weighted by atomic mass is 9.73. The average molecular weight is 341 g/mol. The van der Waals surface area contributed by atoms with Crippen LogP contribution in [0.4, 0.5) is 5.69 Å². The van der Waals surface area contributed by atoms with E-state index in [2.05, 4.69) is 0 Å². The van der Waals surface area contributed by atoms with Crippen LogP contribution < -0.4 is 4.90 Å². The minimum atomic E-state index is -0.982. The molecule has 0 atom stereocenters. The van der Waals surface area contributed by atoms with Crippen molar-refractivity contribution in [1.82, 2.24) is 0 Å². The molecule has 128 valence electrons. The molecule has 0 unspecified atom stereocenters. The van der Waals surface area contributed by atoms with E-state index in [4.69, 9.17) is 0 Å². The zero-order valence-corrected chi connectivity index (χ0v) is 14.6. The summed E-state index contributed by atoms with van der Waals surface area (Å²) in [4.78, 5) is 27.9. The zero-order valence-electron chi connectivity index (χ0n) is 14.6. The van der Waals surface area contributed by atoms with E-state index in [0.717, 1.165) is 16.7 Å². The number of nitrogens with zero attached hydrogens (tertiary/aromatic N) is 1. The summed E-state index contributed by atoms with van der Waals surface area (Å²) in [5.41, 5.74) is 2.42. The van der Waals surface area contributed by atoms with Gasteiger partial charge in [-0.05, 0) is 30.2 Å². The summed E-state index contributed by atoms with van der Waals surface area (Å²) in [6.07, 6.45) is 0.133. The van der Waals surface area contributed by atoms with Gasteiger partial charge in [-0.15, -0.1) is 0 Å². The average Bonchev–Trinajstić information content (AvgIpc) is 2.95. The van der Waals surface area contributed by atoms with Crippen molar-refractivity contribution in [2.75, 3.05) is 4.90 Å². The maximum atomic E-state index is 13.6. The second-order valence-electron chi connectivity index (χ2n) is 6.68. The SMILES string of the molecule is Cc1ccc(N2C(=O)CC(c3ccccc3)(c3ccccc3)C2=O)cc1. The lowest BCUT2D eigenvalue weighted by Crippen LogP contribution is -2.39. The Morgan fingerprint density at radius 1 is 0.731 bits per heavy atom. The third kappa shape index (κ3) is 2.44. The molecule has 0 aromatic heterocycles. The summed E-state index contributed by atoms with van der Waals surface area (Å²) in [7, 11) is 0. The number of carbonyl (C=O) groups is 2. The molecular formula is C23H19NO2. The summed E-state index contributed by atoms with van der Waals surface area (Å²) >= 11 is 0. The van der Waals surface area contributed by atoms with Crippen LogP contribution in [0.15, 0.2) is 84.9 Å². The van der Waals surface area contributed by atoms with E-state index in [-0.39, 0.29) is 18.2 Å². The highest BCUT2D eigenvalue weighted by atomic mass is 16.2. The number of amides is 2. The minimum absolute atomic E-state index is 0.133. The lowest BCUT2D eigenvalue weighted by molar-refractivity contribution is -0.122. The smallest absolute Gasteiger partial charge is 0.249 e. The molecule has 0 N–H and O–H groups in total. The normalized spacial score (nSPS) is 16.1. The maximum absolute atomic E-state index is 13.6. The highest BCUT2D eigenvalue weighted by Crippen LogP contribution is 2.44. The Morgan fingerprint density at radius 2 is 1.23 bits per heavy atom. The highest BCUT2D eigenvalue weighted by molar-refractivity contribution is 6.26. The van der Waals surface area contributed by atoms with E-state index in [1.165, 1.54) is 4.90 Å². The van der Waals surface area contributed by atoms with E-state index < -0.39 is 5.41 Å². The van der Waals surface area contributed by atoms with Crippen LogP contribution >= 0.6 is 0 Å². The molecule has 26 heavy (non-hydrogen) atoms. The van der Waals surface area contributed by atoms with Crippen molar-refractivity contribution in [2.24, 2.45) is 0 Å². The molecule has 0 aliphatic carbocycles. The molecule has 3 nitrogen and oxygen atoms in total. The second-order valence-corrected chi connectivity index (χ2v) is 6.68. The Kier molecular flexibility index (Phi) is 3.92. The number of aryl methyl sites for hydroxylation is 1. The quantitative estimate of drug-likeness (QED) is 0.668. The largest absolute Gasteiger partial charge is 0.274 e. The minimum Gasteiger partial charge on any atom is -0.274 e. The van der Waals surface area contributed by atoms with Gasteiger partial charge in [-0.3, -0.25) is 9.59 Å². The van der Waals surface area contributed by atoms with Crippen molar-refractivity contribution in [2.45, 2.75) is 18.8 Å². The van der Waals surface area contributed by atoms with Crippen molar-refractivity contribution in [3.05, 3.63) is 102 Å². The van der Waals surface area contributed by atoms with Crippen LogP contribution in [0.25, 0.3) is 0 Å². The van der Waals surface area contributed by atoms with Crippen molar-refractivity contribution in [3.8, 4) is 0 Å². The molecular weight excluding hydrogens is 322 g/mol. The fraction of sp³-hybridized carbons (Fsp3) is 0.130. The van der Waals surface area contributed by atoms with Crippen molar-refractivity contribution >= 4 is 17.5 Å². The first-order valence-electron chi connectivity index (χ1n) is 8.68. The molecule has 1 aliphatic rings. The van der Waals surface area contributed by atoms with Gasteiger partial charge >= 0.3 is 0 Å². The van der Waals surface area contributed by atoms with Crippen LogP contribution in [0.2, 0.25) is 0 Å². The molecule has 0 spiro atoms. The van der Waals surface area contributed by atoms with Gasteiger partial charge in [0.05, 0.1) is 12.1 Å². The van der Waals surface area contributed by atoms with E-state index in [9.17, 15) is 9.59 Å². The molecule has 2 amide bonds. The van der Waals surface area contributed by atoms with Gasteiger partial charge in [-0.25, -0.2) is 4.90 Å². The summed E-state index contributed by atoms with van der Waals surface area (Å²) in [5, 5.41) is 0. The molecule has 1 saturated heterocycles. The molecule has 1 heterocycles. The monoisotopic (exact) mass is 341 g/mol. The van der Waals surface area contributed by atoms with Gasteiger partial charge in [0, 0.05) is 0 Å². The molecule has 0 saturated carbocycles. The van der Waals surface area contributed by atoms with Gasteiger partial charge in [-0.1, -0.05) is 78.4 Å². The Labute approximate surface area is 152 Å². The molecule has 0 bridgehead atoms. The van der Waals surface area contributed by atoms with Crippen LogP contribution in [0, 0.1) is 6.92 Å². The van der Waals surface area contributed by atoms with Crippen LogP contribution in [0.5, 0.6) is 0 Å². The standard InChI is InChI=1S/C23H19NO2/c1-17-12-14-20(15-13-17)24-21(25)16-23(22(24)26,18-8-4-2-5-9-18)19-10-6-3-7-11-19/h2-15H,16H2,1H3. The molecule has 1 fully saturated rings. The van der Waals surface area contributed by atoms with Crippen molar-refractivity contribution in [1.29, 1.82) is 0 Å². The zero-order chi connectivity index (χ0) is 18.1. The number of rotatable bonds is 3. The number of hydrogen-bond donors (Lipinski definition) is 0. The number of anilines is 1. The third-order valence-corrected chi connectivity index (χ3v) is 5.06. The Hall–Kier alpha value is -3.20. The summed E-state index contributed by atoms with van der Waals surface area (Å²) in [5.74, 6) is -0.365. The van der Waals surface area contributed by atoms with Crippen molar-refractivity contribution < 1.29 is 9.59 Å². The Morgan fingerprint density at radius 3 is 1.73 bits per heavy atom. The first-order valence-corrected chi connectivity index (χ1v) is 8.68. The first-order chi connectivity index (χ1) is 12.6. The fourth-order valence-corrected chi connectivity index (χ4v) is 3.70.